The molecule has 0 N–H and O–H groups in total. The Morgan fingerprint density at radius 2 is 0.877 bits per heavy atom. The summed E-state index contributed by atoms with van der Waals surface area (Å²) in [7, 11) is -2.81. The first kappa shape index (κ1) is 33.4. The van der Waals surface area contributed by atoms with Gasteiger partial charge < -0.3 is 0 Å². The summed E-state index contributed by atoms with van der Waals surface area (Å²) < 4.78 is 4.65. The van der Waals surface area contributed by atoms with Crippen molar-refractivity contribution >= 4 is 82.1 Å². The first-order valence-electron chi connectivity index (χ1n) is 19.2. The first-order valence-corrected chi connectivity index (χ1v) is 22.0. The molecule has 3 heterocycles. The van der Waals surface area contributed by atoms with Gasteiger partial charge in [0.2, 0.25) is 5.95 Å². The van der Waals surface area contributed by atoms with Crippen molar-refractivity contribution in [3.8, 4) is 28.7 Å². The molecule has 0 bridgehead atoms. The zero-order chi connectivity index (χ0) is 37.8. The molecule has 0 saturated heterocycles. The number of para-hydroxylation sites is 2. The highest BCUT2D eigenvalue weighted by Gasteiger charge is 2.41. The molecule has 11 aromatic rings. The highest BCUT2D eigenvalue weighted by molar-refractivity contribution is 7.26. The molecule has 0 fully saturated rings. The van der Waals surface area contributed by atoms with Crippen molar-refractivity contribution in [3.05, 3.63) is 206 Å². The maximum absolute atomic E-state index is 5.41. The molecule has 6 heteroatoms. The molecule has 0 radical (unpaired) electrons. The van der Waals surface area contributed by atoms with Crippen molar-refractivity contribution in [2.75, 3.05) is 0 Å². The van der Waals surface area contributed by atoms with E-state index in [9.17, 15) is 0 Å². The smallest absolute Gasteiger partial charge is 0.238 e. The van der Waals surface area contributed by atoms with Crippen LogP contribution in [0.5, 0.6) is 0 Å². The number of nitrogens with zero attached hydrogens (tertiary/aromatic N) is 4. The number of rotatable bonds is 7. The minimum Gasteiger partial charge on any atom is -0.278 e. The lowest BCUT2D eigenvalue weighted by molar-refractivity contribution is 0.954. The van der Waals surface area contributed by atoms with E-state index in [0.717, 1.165) is 32.9 Å². The third-order valence-electron chi connectivity index (χ3n) is 11.2. The van der Waals surface area contributed by atoms with E-state index < -0.39 is 8.07 Å². The van der Waals surface area contributed by atoms with Gasteiger partial charge in [-0.3, -0.25) is 4.57 Å². The molecule has 0 saturated carbocycles. The zero-order valence-electron chi connectivity index (χ0n) is 30.8. The van der Waals surface area contributed by atoms with Gasteiger partial charge in [-0.15, -0.1) is 11.3 Å². The Morgan fingerprint density at radius 1 is 0.386 bits per heavy atom. The Bertz CT molecular complexity index is 3100. The van der Waals surface area contributed by atoms with Crippen LogP contribution in [0, 0.1) is 0 Å². The second kappa shape index (κ2) is 13.6. The summed E-state index contributed by atoms with van der Waals surface area (Å²) in [6, 6.07) is 74.2. The first-order chi connectivity index (χ1) is 28.3. The van der Waals surface area contributed by atoms with Gasteiger partial charge in [-0.2, -0.15) is 9.97 Å². The molecule has 8 aromatic carbocycles. The van der Waals surface area contributed by atoms with Gasteiger partial charge in [0.05, 0.1) is 11.0 Å². The minimum atomic E-state index is -2.81. The van der Waals surface area contributed by atoms with Gasteiger partial charge in [-0.1, -0.05) is 182 Å². The van der Waals surface area contributed by atoms with Crippen LogP contribution in [0.3, 0.4) is 0 Å². The van der Waals surface area contributed by atoms with Crippen LogP contribution in [0.25, 0.3) is 70.7 Å². The lowest BCUT2D eigenvalue weighted by Crippen LogP contribution is -2.74. The SMILES string of the molecule is c1ccc([Si](c2ccccc2)(c2ccccc2)c2cccc(-c3nc(-c4cccc5sc6ccccc6c45)nc(-n4c5ccccc5c5ccccc54)n3)c2)cc1. The predicted octanol–water partition coefficient (Wildman–Crippen LogP) is 10.0. The van der Waals surface area contributed by atoms with E-state index in [2.05, 4.69) is 211 Å². The lowest BCUT2D eigenvalue weighted by Gasteiger charge is -2.34. The summed E-state index contributed by atoms with van der Waals surface area (Å²) in [6.07, 6.45) is 0. The lowest BCUT2D eigenvalue weighted by atomic mass is 10.1. The molecule has 0 spiro atoms. The van der Waals surface area contributed by atoms with Crippen molar-refractivity contribution in [2.24, 2.45) is 0 Å². The van der Waals surface area contributed by atoms with Crippen LogP contribution in [-0.2, 0) is 0 Å². The highest BCUT2D eigenvalue weighted by Crippen LogP contribution is 2.40. The Kier molecular flexibility index (Phi) is 7.98. The van der Waals surface area contributed by atoms with Crippen LogP contribution in [0.15, 0.2) is 206 Å². The fourth-order valence-corrected chi connectivity index (χ4v) is 14.7. The molecule has 57 heavy (non-hydrogen) atoms. The van der Waals surface area contributed by atoms with Gasteiger partial charge in [-0.25, -0.2) is 4.98 Å². The van der Waals surface area contributed by atoms with E-state index in [4.69, 9.17) is 15.0 Å². The third-order valence-corrected chi connectivity index (χ3v) is 17.1. The van der Waals surface area contributed by atoms with E-state index in [1.807, 2.05) is 0 Å². The van der Waals surface area contributed by atoms with Gasteiger partial charge in [0.25, 0.3) is 0 Å². The monoisotopic (exact) mass is 762 g/mol. The number of aromatic nitrogens is 4. The summed E-state index contributed by atoms with van der Waals surface area (Å²) >= 11 is 1.80. The van der Waals surface area contributed by atoms with Crippen LogP contribution in [0.1, 0.15) is 0 Å². The number of thiophene rings is 1. The van der Waals surface area contributed by atoms with Crippen molar-refractivity contribution < 1.29 is 0 Å². The molecule has 11 rings (SSSR count). The average Bonchev–Trinajstić information content (AvgIpc) is 3.84. The van der Waals surface area contributed by atoms with E-state index in [0.29, 0.717) is 17.6 Å². The number of hydrogen-bond acceptors (Lipinski definition) is 4. The second-order valence-corrected chi connectivity index (χ2v) is 19.3. The maximum atomic E-state index is 5.41. The van der Waals surface area contributed by atoms with Crippen LogP contribution < -0.4 is 20.7 Å². The molecule has 4 nitrogen and oxygen atoms in total. The van der Waals surface area contributed by atoms with Gasteiger partial charge in [0.15, 0.2) is 19.7 Å². The summed E-state index contributed by atoms with van der Waals surface area (Å²) in [6.45, 7) is 0. The number of benzene rings is 8. The normalized spacial score (nSPS) is 11.9. The molecule has 0 aliphatic rings. The average molecular weight is 763 g/mol. The van der Waals surface area contributed by atoms with Crippen LogP contribution in [0.4, 0.5) is 0 Å². The largest absolute Gasteiger partial charge is 0.278 e. The molecule has 0 aliphatic heterocycles. The molecule has 0 atom stereocenters. The minimum absolute atomic E-state index is 0.590. The zero-order valence-corrected chi connectivity index (χ0v) is 32.6. The summed E-state index contributed by atoms with van der Waals surface area (Å²) in [5, 5.41) is 9.91. The van der Waals surface area contributed by atoms with E-state index in [1.165, 1.54) is 40.9 Å². The Morgan fingerprint density at radius 3 is 1.51 bits per heavy atom. The highest BCUT2D eigenvalue weighted by atomic mass is 32.1. The summed E-state index contributed by atoms with van der Waals surface area (Å²) in [4.78, 5) is 16.2. The van der Waals surface area contributed by atoms with Crippen LogP contribution in [0.2, 0.25) is 0 Å². The quantitative estimate of drug-likeness (QED) is 0.120. The topological polar surface area (TPSA) is 43.6 Å². The standard InChI is InChI=1S/C51H34N4SSi/c1-4-19-36(20-5-1)57(37-21-6-2-7-22-37,38-23-8-3-9-24-38)39-25-16-18-35(34-39)49-52-50(43-29-17-33-47-48(43)42-28-12-15-32-46(42)56-47)54-51(53-49)55-44-30-13-10-26-40(44)41-27-11-14-31-45(41)55/h1-34H. The Balaban J connectivity index is 1.21. The van der Waals surface area contributed by atoms with Gasteiger partial charge in [0.1, 0.15) is 0 Å². The fraction of sp³-hybridized carbons (Fsp3) is 0. The van der Waals surface area contributed by atoms with E-state index >= 15 is 0 Å². The summed E-state index contributed by atoms with van der Waals surface area (Å²) in [5.41, 5.74) is 4.05. The molecular weight excluding hydrogens is 729 g/mol. The van der Waals surface area contributed by atoms with Crippen LogP contribution >= 0.6 is 11.3 Å². The van der Waals surface area contributed by atoms with Crippen molar-refractivity contribution in [1.82, 2.24) is 19.5 Å². The summed E-state index contributed by atoms with van der Waals surface area (Å²) in [5.74, 6) is 1.87. The molecule has 0 aliphatic carbocycles. The van der Waals surface area contributed by atoms with Gasteiger partial charge >= 0.3 is 0 Å². The van der Waals surface area contributed by atoms with E-state index in [-0.39, 0.29) is 0 Å². The molecule has 0 amide bonds. The fourth-order valence-electron chi connectivity index (χ4n) is 8.77. The predicted molar refractivity (Wildman–Crippen MR) is 242 cm³/mol. The van der Waals surface area contributed by atoms with Crippen molar-refractivity contribution in [2.45, 2.75) is 0 Å². The van der Waals surface area contributed by atoms with Crippen molar-refractivity contribution in [1.29, 1.82) is 0 Å². The van der Waals surface area contributed by atoms with Crippen molar-refractivity contribution in [3.63, 3.8) is 0 Å². The number of fused-ring (bicyclic) bond motifs is 6. The molecule has 3 aromatic heterocycles. The van der Waals surface area contributed by atoms with Gasteiger partial charge in [-0.05, 0) is 45.0 Å². The Hall–Kier alpha value is -6.99. The maximum Gasteiger partial charge on any atom is 0.238 e. The molecular formula is C51H34N4SSi. The Labute approximate surface area is 335 Å². The molecule has 268 valence electrons. The third kappa shape index (κ3) is 5.37. The second-order valence-electron chi connectivity index (χ2n) is 14.4. The number of hydrogen-bond donors (Lipinski definition) is 0. The van der Waals surface area contributed by atoms with E-state index in [1.54, 1.807) is 11.3 Å². The van der Waals surface area contributed by atoms with Gasteiger partial charge in [0, 0.05) is 42.1 Å². The molecule has 0 unspecified atom stereocenters. The van der Waals surface area contributed by atoms with Crippen LogP contribution in [-0.4, -0.2) is 27.6 Å².